The fourth-order valence-electron chi connectivity index (χ4n) is 4.15. The third-order valence-corrected chi connectivity index (χ3v) is 5.72. The number of rotatable bonds is 2. The fourth-order valence-corrected chi connectivity index (χ4v) is 4.15. The van der Waals surface area contributed by atoms with Crippen LogP contribution in [0.15, 0.2) is 108 Å². The molecule has 6 nitrogen and oxygen atoms in total. The van der Waals surface area contributed by atoms with E-state index in [1.165, 1.54) is 5.69 Å². The Morgan fingerprint density at radius 2 is 1.58 bits per heavy atom. The van der Waals surface area contributed by atoms with Crippen LogP contribution in [0.4, 0.5) is 17.1 Å². The van der Waals surface area contributed by atoms with Crippen molar-refractivity contribution < 1.29 is 24.5 Å². The molecule has 0 aliphatic carbocycles. The van der Waals surface area contributed by atoms with Gasteiger partial charge < -0.3 is 4.42 Å². The number of nitrogens with one attached hydrogen (secondary N) is 1. The summed E-state index contributed by atoms with van der Waals surface area (Å²) >= 11 is 0. The average molecular weight is 651 g/mol. The number of hydrogen-bond acceptors (Lipinski definition) is 5. The molecular weight excluding hydrogens is 627 g/mol. The van der Waals surface area contributed by atoms with Crippen LogP contribution in [0.1, 0.15) is 0 Å². The first-order chi connectivity index (χ1) is 16.8. The van der Waals surface area contributed by atoms with Crippen LogP contribution in [-0.4, -0.2) is 16.8 Å². The van der Waals surface area contributed by atoms with E-state index in [4.69, 9.17) is 4.42 Å². The zero-order valence-electron chi connectivity index (χ0n) is 19.8. The van der Waals surface area contributed by atoms with Crippen molar-refractivity contribution in [2.75, 3.05) is 17.1 Å². The van der Waals surface area contributed by atoms with Crippen molar-refractivity contribution in [1.82, 2.24) is 15.3 Å². The first-order valence-corrected chi connectivity index (χ1v) is 11.0. The summed E-state index contributed by atoms with van der Waals surface area (Å²) in [6, 6.07) is 36.4. The van der Waals surface area contributed by atoms with Crippen LogP contribution < -0.4 is 15.6 Å². The molecule has 2 aromatic heterocycles. The van der Waals surface area contributed by atoms with E-state index in [0.717, 1.165) is 39.0 Å². The summed E-state index contributed by atoms with van der Waals surface area (Å²) < 4.78 is 7.68. The van der Waals surface area contributed by atoms with Gasteiger partial charge in [0.2, 0.25) is 0 Å². The number of aromatic nitrogens is 2. The summed E-state index contributed by atoms with van der Waals surface area (Å²) in [5.74, 6) is 0. The Bertz CT molecular complexity index is 1560. The Labute approximate surface area is 224 Å². The van der Waals surface area contributed by atoms with Gasteiger partial charge in [0.05, 0.1) is 11.4 Å². The maximum Gasteiger partial charge on any atom is 0.116 e. The van der Waals surface area contributed by atoms with Gasteiger partial charge >= 0.3 is 0 Å². The molecule has 1 aliphatic heterocycles. The number of benzene rings is 4. The monoisotopic (exact) mass is 651 g/mol. The molecule has 0 amide bonds. The van der Waals surface area contributed by atoms with Crippen LogP contribution in [0.5, 0.6) is 0 Å². The van der Waals surface area contributed by atoms with Crippen LogP contribution in [0.2, 0.25) is 0 Å². The summed E-state index contributed by atoms with van der Waals surface area (Å²) in [5, 5.41) is 10.5. The standard InChI is InChI=1S/C15H9N2O.C13H12N3.CH3.Ir/c1-2-8-14-11(5-1)12-6-3-7-13(15(12)18-14)17-10-4-9-16-17;1-15-12-9-5-6-10-13(12)16(14-15)11-7-3-2-4-8-11;;/h1-6,8-10H;2-7,9-10,14H,1H3;1H3;/q2*-1;+1;. The molecule has 0 fully saturated rings. The first-order valence-electron chi connectivity index (χ1n) is 11.0. The van der Waals surface area contributed by atoms with Gasteiger partial charge in [0.15, 0.2) is 0 Å². The van der Waals surface area contributed by atoms with E-state index in [-0.39, 0.29) is 27.5 Å². The predicted molar refractivity (Wildman–Crippen MR) is 141 cm³/mol. The van der Waals surface area contributed by atoms with E-state index < -0.39 is 0 Å². The van der Waals surface area contributed by atoms with Gasteiger partial charge in [-0.2, -0.15) is 47.6 Å². The van der Waals surface area contributed by atoms with Gasteiger partial charge in [-0.15, -0.1) is 11.6 Å². The molecule has 6 aromatic rings. The molecule has 0 spiro atoms. The molecule has 0 bridgehead atoms. The fraction of sp³-hybridized carbons (Fsp3) is 0.0345. The van der Waals surface area contributed by atoms with Gasteiger partial charge in [0, 0.05) is 57.9 Å². The number of anilines is 3. The minimum absolute atomic E-state index is 0. The largest absolute Gasteiger partial charge is 0.513 e. The Morgan fingerprint density at radius 3 is 2.36 bits per heavy atom. The van der Waals surface area contributed by atoms with Crippen molar-refractivity contribution in [3.63, 3.8) is 0 Å². The molecule has 1 aliphatic rings. The van der Waals surface area contributed by atoms with Crippen molar-refractivity contribution in [3.05, 3.63) is 123 Å². The van der Waals surface area contributed by atoms with Crippen molar-refractivity contribution in [1.29, 1.82) is 0 Å². The van der Waals surface area contributed by atoms with Crippen molar-refractivity contribution in [3.8, 4) is 5.69 Å². The van der Waals surface area contributed by atoms with Crippen molar-refractivity contribution >= 4 is 39.0 Å². The number of hydrazine groups is 2. The topological polar surface area (TPSA) is 49.5 Å². The first kappa shape index (κ1) is 25.1. The second-order valence-corrected chi connectivity index (χ2v) is 7.85. The molecule has 181 valence electrons. The van der Waals surface area contributed by atoms with E-state index in [2.05, 4.69) is 41.0 Å². The normalized spacial score (nSPS) is 11.9. The second-order valence-electron chi connectivity index (χ2n) is 7.85. The number of para-hydroxylation sites is 4. The molecule has 0 atom stereocenters. The maximum atomic E-state index is 5.92. The van der Waals surface area contributed by atoms with Crippen LogP contribution in [0, 0.1) is 19.6 Å². The molecule has 1 radical (unpaired) electrons. The summed E-state index contributed by atoms with van der Waals surface area (Å²) in [6.07, 6.45) is 3.63. The second kappa shape index (κ2) is 10.7. The van der Waals surface area contributed by atoms with Crippen molar-refractivity contribution in [2.45, 2.75) is 0 Å². The minimum atomic E-state index is 0. The number of nitrogens with zero attached hydrogens (tertiary/aromatic N) is 4. The molecule has 36 heavy (non-hydrogen) atoms. The third kappa shape index (κ3) is 4.47. The summed E-state index contributed by atoms with van der Waals surface area (Å²) in [4.78, 5) is 0. The van der Waals surface area contributed by atoms with Gasteiger partial charge in [-0.3, -0.25) is 14.7 Å². The zero-order valence-corrected chi connectivity index (χ0v) is 22.2. The quantitative estimate of drug-likeness (QED) is 0.217. The molecule has 3 heterocycles. The molecular formula is C29H24IrN5O-. The molecule has 7 rings (SSSR count). The Morgan fingerprint density at radius 1 is 0.806 bits per heavy atom. The van der Waals surface area contributed by atoms with Gasteiger partial charge in [-0.05, 0) is 30.0 Å². The Hall–Kier alpha value is -4.03. The summed E-state index contributed by atoms with van der Waals surface area (Å²) in [7, 11) is 2.00. The van der Waals surface area contributed by atoms with Gasteiger partial charge in [0.1, 0.15) is 5.58 Å². The summed E-state index contributed by atoms with van der Waals surface area (Å²) in [5.41, 5.74) is 9.15. The van der Waals surface area contributed by atoms with Gasteiger partial charge in [-0.25, -0.2) is 0 Å². The van der Waals surface area contributed by atoms with Crippen LogP contribution in [-0.2, 0) is 20.1 Å². The van der Waals surface area contributed by atoms with Crippen LogP contribution in [0.3, 0.4) is 0 Å². The number of hydrogen-bond donors (Lipinski definition) is 1. The van der Waals surface area contributed by atoms with Gasteiger partial charge in [0.25, 0.3) is 0 Å². The molecule has 1 N–H and O–H groups in total. The molecule has 4 aromatic carbocycles. The van der Waals surface area contributed by atoms with E-state index in [0.29, 0.717) is 0 Å². The predicted octanol–water partition coefficient (Wildman–Crippen LogP) is 6.51. The Kier molecular flexibility index (Phi) is 7.46. The zero-order chi connectivity index (χ0) is 22.9. The molecule has 0 saturated heterocycles. The summed E-state index contributed by atoms with van der Waals surface area (Å²) in [6.45, 7) is 0. The molecule has 0 saturated carbocycles. The molecule has 7 heteroatoms. The maximum absolute atomic E-state index is 5.92. The van der Waals surface area contributed by atoms with E-state index >= 15 is 0 Å². The Balaban J connectivity index is 0.000000161. The number of furan rings is 1. The van der Waals surface area contributed by atoms with Crippen LogP contribution in [0.25, 0.3) is 27.6 Å². The third-order valence-electron chi connectivity index (χ3n) is 5.72. The van der Waals surface area contributed by atoms with E-state index in [9.17, 15) is 0 Å². The van der Waals surface area contributed by atoms with E-state index in [1.54, 1.807) is 10.9 Å². The molecule has 0 unspecified atom stereocenters. The number of fused-ring (bicyclic) bond motifs is 4. The minimum Gasteiger partial charge on any atom is -0.513 e. The van der Waals surface area contributed by atoms with Crippen LogP contribution >= 0.6 is 0 Å². The van der Waals surface area contributed by atoms with Crippen molar-refractivity contribution in [2.24, 2.45) is 0 Å². The average Bonchev–Trinajstić information content (AvgIpc) is 3.63. The SMILES string of the molecule is CN1NN(c2[c-]cccc2)c2ccccc21.[CH3+].[Ir].[c-]1ccc2c(oc3ccccc32)c1-n1cccn1. The van der Waals surface area contributed by atoms with E-state index in [1.807, 2.05) is 96.1 Å². The van der Waals surface area contributed by atoms with Gasteiger partial charge in [-0.1, -0.05) is 41.4 Å². The smallest absolute Gasteiger partial charge is 0.116 e.